The van der Waals surface area contributed by atoms with Crippen molar-refractivity contribution in [3.63, 3.8) is 0 Å². The molecule has 2 aromatic heterocycles. The number of carbonyl (C=O) groups excluding carboxylic acids is 2. The summed E-state index contributed by atoms with van der Waals surface area (Å²) in [5, 5.41) is 15.9. The van der Waals surface area contributed by atoms with E-state index in [-0.39, 0.29) is 30.9 Å². The van der Waals surface area contributed by atoms with Crippen LogP contribution in [0, 0.1) is 0 Å². The van der Waals surface area contributed by atoms with Gasteiger partial charge in [0.25, 0.3) is 5.91 Å². The van der Waals surface area contributed by atoms with Crippen LogP contribution in [0.2, 0.25) is 0 Å². The lowest BCUT2D eigenvalue weighted by Gasteiger charge is -2.14. The summed E-state index contributed by atoms with van der Waals surface area (Å²) in [7, 11) is 1.32. The number of nitrogens with zero attached hydrogens (tertiary/aromatic N) is 2. The van der Waals surface area contributed by atoms with Gasteiger partial charge in [-0.05, 0) is 48.7 Å². The number of aliphatic hydroxyl groups is 1. The van der Waals surface area contributed by atoms with Crippen molar-refractivity contribution in [2.75, 3.05) is 37.6 Å². The third kappa shape index (κ3) is 6.08. The molecular formula is C30H32N4O6. The largest absolute Gasteiger partial charge is 0.491 e. The quantitative estimate of drug-likeness (QED) is 0.240. The van der Waals surface area contributed by atoms with Crippen molar-refractivity contribution in [1.82, 2.24) is 9.55 Å². The Balaban J connectivity index is 1.49. The van der Waals surface area contributed by atoms with Crippen LogP contribution < -0.4 is 15.4 Å². The predicted octanol–water partition coefficient (Wildman–Crippen LogP) is 4.24. The van der Waals surface area contributed by atoms with Crippen LogP contribution in [0.15, 0.2) is 66.9 Å². The van der Waals surface area contributed by atoms with E-state index in [0.717, 1.165) is 18.4 Å². The number of pyridine rings is 1. The Hall–Kier alpha value is -4.41. The van der Waals surface area contributed by atoms with E-state index in [2.05, 4.69) is 10.6 Å². The van der Waals surface area contributed by atoms with Crippen LogP contribution in [-0.4, -0.2) is 59.6 Å². The highest BCUT2D eigenvalue weighted by Crippen LogP contribution is 2.34. The topological polar surface area (TPSA) is 124 Å². The molecule has 1 amide bonds. The highest BCUT2D eigenvalue weighted by molar-refractivity contribution is 6.14. The molecule has 3 N–H and O–H groups in total. The number of rotatable bonds is 11. The number of carbonyl (C=O) groups is 2. The molecule has 40 heavy (non-hydrogen) atoms. The summed E-state index contributed by atoms with van der Waals surface area (Å²) < 4.78 is 18.2. The maximum absolute atomic E-state index is 13.2. The van der Waals surface area contributed by atoms with Crippen LogP contribution in [0.25, 0.3) is 11.0 Å². The molecule has 1 aliphatic rings. The molecule has 0 radical (unpaired) electrons. The zero-order valence-electron chi connectivity index (χ0n) is 22.3. The standard InChI is InChI=1S/C30H32N4O6/c1-38-30(37)27-26(33-29(36)21-6-3-2-4-7-21)25-16-22(18-32-28(25)34(27)19-24-8-5-14-39-24)31-17-20-9-11-23(12-10-20)40-15-13-35/h2-4,6-7,9-12,16,18,24,31,35H,5,8,13-15,17,19H2,1H3,(H,33,36). The first-order valence-electron chi connectivity index (χ1n) is 13.2. The van der Waals surface area contributed by atoms with Crippen molar-refractivity contribution in [3.8, 4) is 5.75 Å². The van der Waals surface area contributed by atoms with Gasteiger partial charge >= 0.3 is 5.97 Å². The molecule has 0 aliphatic carbocycles. The smallest absolute Gasteiger partial charge is 0.356 e. The number of aromatic nitrogens is 2. The molecule has 208 valence electrons. The second kappa shape index (κ2) is 12.6. The van der Waals surface area contributed by atoms with E-state index >= 15 is 0 Å². The van der Waals surface area contributed by atoms with E-state index in [1.54, 1.807) is 35.0 Å². The molecule has 10 heteroatoms. The summed E-state index contributed by atoms with van der Waals surface area (Å²) >= 11 is 0. The minimum absolute atomic E-state index is 0.0420. The molecule has 10 nitrogen and oxygen atoms in total. The molecule has 0 spiro atoms. The molecule has 2 aromatic carbocycles. The van der Waals surface area contributed by atoms with Gasteiger partial charge < -0.3 is 34.5 Å². The van der Waals surface area contributed by atoms with E-state index in [4.69, 9.17) is 24.3 Å². The number of hydrogen-bond acceptors (Lipinski definition) is 8. The number of anilines is 2. The number of esters is 1. The number of nitrogens with one attached hydrogen (secondary N) is 2. The van der Waals surface area contributed by atoms with Gasteiger partial charge in [-0.3, -0.25) is 4.79 Å². The molecule has 5 rings (SSSR count). The third-order valence-electron chi connectivity index (χ3n) is 6.74. The molecule has 1 saturated heterocycles. The van der Waals surface area contributed by atoms with Crippen molar-refractivity contribution < 1.29 is 28.9 Å². The first-order valence-corrected chi connectivity index (χ1v) is 13.2. The van der Waals surface area contributed by atoms with Gasteiger partial charge in [0, 0.05) is 24.1 Å². The number of fused-ring (bicyclic) bond motifs is 1. The van der Waals surface area contributed by atoms with E-state index in [0.29, 0.717) is 53.4 Å². The highest BCUT2D eigenvalue weighted by Gasteiger charge is 2.29. The predicted molar refractivity (Wildman–Crippen MR) is 151 cm³/mol. The first kappa shape index (κ1) is 27.2. The molecule has 1 atom stereocenters. The molecule has 3 heterocycles. The van der Waals surface area contributed by atoms with Crippen LogP contribution in [0.5, 0.6) is 5.75 Å². The van der Waals surface area contributed by atoms with Gasteiger partial charge in [-0.25, -0.2) is 9.78 Å². The van der Waals surface area contributed by atoms with Gasteiger partial charge in [-0.2, -0.15) is 0 Å². The first-order chi connectivity index (χ1) is 19.6. The summed E-state index contributed by atoms with van der Waals surface area (Å²) in [5.74, 6) is -0.233. The number of benzene rings is 2. The minimum atomic E-state index is -0.572. The number of amides is 1. The van der Waals surface area contributed by atoms with Gasteiger partial charge in [0.05, 0.1) is 43.9 Å². The zero-order valence-corrected chi connectivity index (χ0v) is 22.3. The Bertz CT molecular complexity index is 1460. The molecule has 1 unspecified atom stereocenters. The zero-order chi connectivity index (χ0) is 27.9. The maximum atomic E-state index is 13.2. The monoisotopic (exact) mass is 544 g/mol. The van der Waals surface area contributed by atoms with Gasteiger partial charge in [0.15, 0.2) is 5.69 Å². The van der Waals surface area contributed by atoms with Gasteiger partial charge in [0.1, 0.15) is 18.0 Å². The van der Waals surface area contributed by atoms with E-state index < -0.39 is 5.97 Å². The lowest BCUT2D eigenvalue weighted by Crippen LogP contribution is -2.21. The van der Waals surface area contributed by atoms with Crippen molar-refractivity contribution in [1.29, 1.82) is 0 Å². The summed E-state index contributed by atoms with van der Waals surface area (Å²) in [6.45, 7) is 1.80. The highest BCUT2D eigenvalue weighted by atomic mass is 16.5. The average Bonchev–Trinajstić information content (AvgIpc) is 3.62. The maximum Gasteiger partial charge on any atom is 0.356 e. The lowest BCUT2D eigenvalue weighted by atomic mass is 10.2. The van der Waals surface area contributed by atoms with Gasteiger partial charge in [-0.15, -0.1) is 0 Å². The van der Waals surface area contributed by atoms with Gasteiger partial charge in [-0.1, -0.05) is 30.3 Å². The van der Waals surface area contributed by atoms with Crippen molar-refractivity contribution in [2.45, 2.75) is 32.0 Å². The average molecular weight is 545 g/mol. The number of methoxy groups -OCH3 is 1. The summed E-state index contributed by atoms with van der Waals surface area (Å²) in [4.78, 5) is 31.0. The van der Waals surface area contributed by atoms with Crippen molar-refractivity contribution in [3.05, 3.63) is 83.7 Å². The van der Waals surface area contributed by atoms with Crippen LogP contribution in [-0.2, 0) is 22.6 Å². The molecule has 0 bridgehead atoms. The Morgan fingerprint density at radius 2 is 1.95 bits per heavy atom. The fourth-order valence-corrected chi connectivity index (χ4v) is 4.77. The lowest BCUT2D eigenvalue weighted by molar-refractivity contribution is 0.0580. The molecule has 4 aromatic rings. The molecule has 0 saturated carbocycles. The Morgan fingerprint density at radius 1 is 1.15 bits per heavy atom. The van der Waals surface area contributed by atoms with Gasteiger partial charge in [0.2, 0.25) is 0 Å². The Morgan fingerprint density at radius 3 is 2.65 bits per heavy atom. The van der Waals surface area contributed by atoms with E-state index in [9.17, 15) is 9.59 Å². The Kier molecular flexibility index (Phi) is 8.58. The minimum Gasteiger partial charge on any atom is -0.491 e. The summed E-state index contributed by atoms with van der Waals surface area (Å²) in [5.41, 5.74) is 3.31. The normalized spacial score (nSPS) is 14.7. The fourth-order valence-electron chi connectivity index (χ4n) is 4.77. The molecular weight excluding hydrogens is 512 g/mol. The third-order valence-corrected chi connectivity index (χ3v) is 6.74. The number of hydrogen-bond donors (Lipinski definition) is 3. The van der Waals surface area contributed by atoms with Crippen LogP contribution in [0.3, 0.4) is 0 Å². The summed E-state index contributed by atoms with van der Waals surface area (Å²) in [6, 6.07) is 18.3. The second-order valence-electron chi connectivity index (χ2n) is 9.45. The van der Waals surface area contributed by atoms with Crippen molar-refractivity contribution in [2.24, 2.45) is 0 Å². The number of aliphatic hydroxyl groups excluding tert-OH is 1. The second-order valence-corrected chi connectivity index (χ2v) is 9.45. The van der Waals surface area contributed by atoms with Crippen molar-refractivity contribution >= 4 is 34.3 Å². The van der Waals surface area contributed by atoms with E-state index in [1.807, 2.05) is 36.4 Å². The number of ether oxygens (including phenoxy) is 3. The summed E-state index contributed by atoms with van der Waals surface area (Å²) in [6.07, 6.45) is 3.46. The Labute approximate surface area is 231 Å². The van der Waals surface area contributed by atoms with E-state index in [1.165, 1.54) is 7.11 Å². The SMILES string of the molecule is COC(=O)c1c(NC(=O)c2ccccc2)c2cc(NCc3ccc(OCCO)cc3)cnc2n1CC1CCCO1. The fraction of sp³-hybridized carbons (Fsp3) is 0.300. The van der Waals surface area contributed by atoms with Crippen LogP contribution in [0.4, 0.5) is 11.4 Å². The molecule has 1 fully saturated rings. The molecule has 1 aliphatic heterocycles. The van der Waals surface area contributed by atoms with Crippen LogP contribution >= 0.6 is 0 Å². The van der Waals surface area contributed by atoms with Crippen LogP contribution in [0.1, 0.15) is 39.3 Å².